The lowest BCUT2D eigenvalue weighted by atomic mass is 9.79. The summed E-state index contributed by atoms with van der Waals surface area (Å²) in [6, 6.07) is 16.0. The van der Waals surface area contributed by atoms with Crippen molar-refractivity contribution in [3.05, 3.63) is 102 Å². The van der Waals surface area contributed by atoms with Gasteiger partial charge < -0.3 is 64.0 Å². The van der Waals surface area contributed by atoms with Crippen LogP contribution in [0.1, 0.15) is 37.8 Å². The molecule has 2 aromatic rings. The molecular formula is C59H73BCl3N7O15. The summed E-state index contributed by atoms with van der Waals surface area (Å²) in [5, 5.41) is 24.6. The molecule has 9 aliphatic heterocycles. The lowest BCUT2D eigenvalue weighted by Crippen LogP contribution is -2.52. The minimum Gasteiger partial charge on any atom is -0.481 e. The molecule has 0 spiro atoms. The molecule has 22 nitrogen and oxygen atoms in total. The van der Waals surface area contributed by atoms with Crippen LogP contribution < -0.4 is 15.3 Å². The van der Waals surface area contributed by atoms with Crippen LogP contribution in [-0.4, -0.2) is 215 Å². The van der Waals surface area contributed by atoms with E-state index in [-0.39, 0.29) is 61.6 Å². The molecule has 26 heteroatoms. The molecule has 6 fully saturated rings. The highest BCUT2D eigenvalue weighted by atomic mass is 35.6. The van der Waals surface area contributed by atoms with E-state index >= 15 is 0 Å². The van der Waals surface area contributed by atoms with Gasteiger partial charge in [-0.1, -0.05) is 121 Å². The first-order valence-corrected chi connectivity index (χ1v) is 29.9. The second-order valence-corrected chi connectivity index (χ2v) is 25.8. The number of rotatable bonds is 17. The number of nitrogens with one attached hydrogen (secondary N) is 2. The zero-order chi connectivity index (χ0) is 61.1. The van der Waals surface area contributed by atoms with Crippen LogP contribution in [0.3, 0.4) is 0 Å². The summed E-state index contributed by atoms with van der Waals surface area (Å²) >= 11 is 16.9. The number of carboxylic acids is 1. The number of fused-ring (bicyclic) bond motifs is 6. The number of ether oxygens (including phenoxy) is 5. The highest BCUT2D eigenvalue weighted by Crippen LogP contribution is 2.44. The first-order valence-electron chi connectivity index (χ1n) is 28.8. The van der Waals surface area contributed by atoms with E-state index in [1.54, 1.807) is 73.3 Å². The summed E-state index contributed by atoms with van der Waals surface area (Å²) in [5.74, 6) is -6.30. The number of nitrogens with zero attached hydrogens (tertiary/aromatic N) is 5. The monoisotopic (exact) mass is 1240 g/mol. The average Bonchev–Trinajstić information content (AvgIpc) is 1.84. The molecule has 4 N–H and O–H groups in total. The molecule has 0 saturated carbocycles. The number of alkyl halides is 3. The van der Waals surface area contributed by atoms with Gasteiger partial charge in [0.05, 0.1) is 60.3 Å². The molecule has 0 aromatic heterocycles. The van der Waals surface area contributed by atoms with Crippen molar-refractivity contribution >= 4 is 89.3 Å². The number of piperazine rings is 2. The number of hydrogen-bond donors (Lipinski definition) is 4. The van der Waals surface area contributed by atoms with Crippen molar-refractivity contribution in [3.63, 3.8) is 0 Å². The SMILES string of the molecule is CB(O)NC(C)Cc1ccc(OC(=O)C2C(C(=O)N3CCN(C)CC3)[C@@H]3C=C[C@H]2O3)cc1.CC1(c2ccccc2)NC(=O)N(CCCC(=O)C2C(C(=O)O)[C@H]3C=C[C@@H]2O3)C1=O.CN1CCN(C(=O)C2C(C(=O)OCC(Cl)(Cl)Cl)[C@H]3C=C[C@@H]2O3)CC1. The number of ketones is 1. The van der Waals surface area contributed by atoms with Crippen molar-refractivity contribution in [2.24, 2.45) is 35.5 Å². The molecule has 8 unspecified atom stereocenters. The number of carbonyl (C=O) groups is 8. The summed E-state index contributed by atoms with van der Waals surface area (Å²) < 4.78 is 26.2. The minimum atomic E-state index is -1.68. The summed E-state index contributed by atoms with van der Waals surface area (Å²) in [6.45, 7) is 11.0. The minimum absolute atomic E-state index is 0.0214. The van der Waals surface area contributed by atoms with Gasteiger partial charge in [0.1, 0.15) is 35.5 Å². The molecule has 9 heterocycles. The number of urea groups is 1. The third-order valence-corrected chi connectivity index (χ3v) is 17.4. The number of carbonyl (C=O) groups excluding carboxylic acids is 7. The normalized spacial score (nSPS) is 31.0. The molecule has 85 heavy (non-hydrogen) atoms. The highest BCUT2D eigenvalue weighted by Gasteiger charge is 2.57. The fraction of sp³-hybridized carbons (Fsp3) is 0.559. The fourth-order valence-corrected chi connectivity index (χ4v) is 12.8. The average molecular weight is 1240 g/mol. The second kappa shape index (κ2) is 27.1. The molecular weight excluding hydrogens is 1160 g/mol. The van der Waals surface area contributed by atoms with E-state index in [1.165, 1.54) is 0 Å². The van der Waals surface area contributed by atoms with Crippen LogP contribution in [-0.2, 0) is 64.5 Å². The number of amides is 5. The van der Waals surface area contributed by atoms with E-state index in [4.69, 9.17) is 58.5 Å². The molecule has 2 aromatic carbocycles. The lowest BCUT2D eigenvalue weighted by Gasteiger charge is -2.35. The van der Waals surface area contributed by atoms with Crippen LogP contribution in [0.4, 0.5) is 4.79 Å². The summed E-state index contributed by atoms with van der Waals surface area (Å²) in [6.07, 6.45) is 9.18. The Hall–Kier alpha value is -5.73. The molecule has 11 rings (SSSR count). The smallest absolute Gasteiger partial charge is 0.373 e. The third kappa shape index (κ3) is 14.7. The predicted molar refractivity (Wildman–Crippen MR) is 312 cm³/mol. The van der Waals surface area contributed by atoms with Gasteiger partial charge in [0.15, 0.2) is 0 Å². The van der Waals surface area contributed by atoms with E-state index in [0.29, 0.717) is 37.5 Å². The van der Waals surface area contributed by atoms with Crippen LogP contribution in [0, 0.1) is 35.5 Å². The van der Waals surface area contributed by atoms with Gasteiger partial charge in [0, 0.05) is 65.3 Å². The molecule has 0 radical (unpaired) electrons. The van der Waals surface area contributed by atoms with E-state index in [9.17, 15) is 48.5 Å². The third-order valence-electron chi connectivity index (χ3n) is 17.1. The van der Waals surface area contributed by atoms with Gasteiger partial charge >= 0.3 is 31.0 Å². The first-order chi connectivity index (χ1) is 40.4. The Kier molecular flexibility index (Phi) is 20.3. The van der Waals surface area contributed by atoms with Crippen molar-refractivity contribution in [2.45, 2.75) is 91.9 Å². The fourth-order valence-electron chi connectivity index (χ4n) is 12.6. The van der Waals surface area contributed by atoms with Gasteiger partial charge in [-0.05, 0) is 70.0 Å². The van der Waals surface area contributed by atoms with Crippen LogP contribution in [0.5, 0.6) is 5.75 Å². The number of carboxylic acid groups (broad SMARTS) is 1. The topological polar surface area (TPSA) is 263 Å². The van der Waals surface area contributed by atoms with Crippen LogP contribution in [0.25, 0.3) is 0 Å². The number of aliphatic carboxylic acids is 1. The van der Waals surface area contributed by atoms with Gasteiger partial charge in [-0.25, -0.2) is 4.79 Å². The molecule has 458 valence electrons. The van der Waals surface area contributed by atoms with Gasteiger partial charge in [0.2, 0.25) is 15.6 Å². The Morgan fingerprint density at radius 3 is 1.66 bits per heavy atom. The van der Waals surface area contributed by atoms with E-state index < -0.39 is 106 Å². The van der Waals surface area contributed by atoms with Crippen molar-refractivity contribution in [1.29, 1.82) is 0 Å². The zero-order valence-corrected chi connectivity index (χ0v) is 50.3. The summed E-state index contributed by atoms with van der Waals surface area (Å²) in [7, 11) is 3.49. The standard InChI is InChI=1S/C23H32BN3O5.C21H22N2O6.C15H19Cl3N2O4/c1-15(25-24(2)30)14-16-4-6-17(7-5-16)31-23(29)21-19-9-8-18(32-19)20(21)22(28)27-12-10-26(3)11-13-27;1-21(12-6-3-2-4-7-12)19(27)23(20(28)22-21)11-5-8-13(24)16-14-9-10-15(29-14)17(16)18(25)26;1-19-4-6-20(7-5-19)13(21)11-9-2-3-10(24-9)12(11)14(22)23-8-15(16,17)18/h4-9,15,18-21,25,30H,10-14H2,1-3H3;2-4,6-7,9-10,14-17H,5,8,11H2,1H3,(H,22,28)(H,25,26);2-3,9-12H,4-8H2,1H3/t15?,18-,19+,20?,21?;14-,15+,16?,17?,21?;9-,10+,11?,12?/m000/s1. The molecule has 14 atom stereocenters. The van der Waals surface area contributed by atoms with Crippen molar-refractivity contribution < 1.29 is 72.2 Å². The van der Waals surface area contributed by atoms with Gasteiger partial charge in [-0.15, -0.1) is 0 Å². The molecule has 6 bridgehead atoms. The molecule has 0 aliphatic carbocycles. The van der Waals surface area contributed by atoms with Crippen molar-refractivity contribution in [1.82, 2.24) is 35.0 Å². The molecule has 9 aliphatic rings. The van der Waals surface area contributed by atoms with E-state index in [1.807, 2.05) is 62.3 Å². The molecule has 6 saturated heterocycles. The number of esters is 2. The van der Waals surface area contributed by atoms with Crippen LogP contribution in [0.15, 0.2) is 91.1 Å². The Morgan fingerprint density at radius 2 is 1.18 bits per heavy atom. The lowest BCUT2D eigenvalue weighted by molar-refractivity contribution is -0.155. The van der Waals surface area contributed by atoms with E-state index in [2.05, 4.69) is 20.3 Å². The maximum Gasteiger partial charge on any atom is 0.373 e. The van der Waals surface area contributed by atoms with Crippen LogP contribution >= 0.6 is 34.8 Å². The number of Topliss-reactive ketones (excluding diaryl/α,β-unsaturated/α-hetero) is 1. The number of benzene rings is 2. The quantitative estimate of drug-likeness (QED) is 0.0442. The number of halogens is 3. The van der Waals surface area contributed by atoms with Gasteiger partial charge in [0.25, 0.3) is 5.91 Å². The Bertz CT molecular complexity index is 2900. The zero-order valence-electron chi connectivity index (χ0n) is 48.0. The van der Waals surface area contributed by atoms with Crippen LogP contribution in [0.2, 0.25) is 6.82 Å². The Labute approximate surface area is 509 Å². The second-order valence-electron chi connectivity index (χ2n) is 23.3. The van der Waals surface area contributed by atoms with Crippen molar-refractivity contribution in [2.75, 3.05) is 79.6 Å². The maximum absolute atomic E-state index is 13.2. The number of imide groups is 1. The van der Waals surface area contributed by atoms with E-state index in [0.717, 1.165) is 43.1 Å². The van der Waals surface area contributed by atoms with Crippen molar-refractivity contribution in [3.8, 4) is 5.75 Å². The summed E-state index contributed by atoms with van der Waals surface area (Å²) in [5.41, 5.74) is 0.617. The first kappa shape index (κ1) is 63.8. The predicted octanol–water partition coefficient (Wildman–Crippen LogP) is 3.27. The largest absolute Gasteiger partial charge is 0.481 e. The maximum atomic E-state index is 13.2. The summed E-state index contributed by atoms with van der Waals surface area (Å²) in [4.78, 5) is 110. The van der Waals surface area contributed by atoms with Gasteiger partial charge in [-0.3, -0.25) is 38.5 Å². The highest BCUT2D eigenvalue weighted by molar-refractivity contribution is 6.67. The number of hydrogen-bond acceptors (Lipinski definition) is 17. The number of likely N-dealkylation sites (N-methyl/N-ethyl adjacent to an activating group) is 2. The Morgan fingerprint density at radius 1 is 0.706 bits per heavy atom. The molecule has 5 amide bonds. The van der Waals surface area contributed by atoms with Gasteiger partial charge in [-0.2, -0.15) is 0 Å². The Balaban J connectivity index is 0.000000154.